The van der Waals surface area contributed by atoms with E-state index in [4.69, 9.17) is 30.5 Å². The van der Waals surface area contributed by atoms with E-state index in [0.717, 1.165) is 10.4 Å². The van der Waals surface area contributed by atoms with Gasteiger partial charge in [0.1, 0.15) is 30.3 Å². The summed E-state index contributed by atoms with van der Waals surface area (Å²) in [7, 11) is -4.36. The zero-order valence-electron chi connectivity index (χ0n) is 22.1. The van der Waals surface area contributed by atoms with E-state index >= 15 is 0 Å². The van der Waals surface area contributed by atoms with Crippen LogP contribution in [-0.2, 0) is 20.0 Å². The molecule has 1 unspecified atom stereocenters. The lowest BCUT2D eigenvalue weighted by Gasteiger charge is -2.29. The number of nitrogens with one attached hydrogen (secondary N) is 1. The minimum Gasteiger partial charge on any atom is -0.489 e. The molecule has 0 amide bonds. The number of thiophene rings is 1. The number of nitriles is 1. The van der Waals surface area contributed by atoms with Gasteiger partial charge in [-0.1, -0.05) is 29.8 Å². The third kappa shape index (κ3) is 9.91. The molecule has 2 aromatic carbocycles. The Hall–Kier alpha value is -2.94. The van der Waals surface area contributed by atoms with Gasteiger partial charge in [-0.3, -0.25) is 9.05 Å². The van der Waals surface area contributed by atoms with E-state index < -0.39 is 25.6 Å². The molecule has 214 valence electrons. The normalized spacial score (nSPS) is 13.7. The molecule has 13 heteroatoms. The Morgan fingerprint density at radius 3 is 2.48 bits per heavy atom. The Balaban J connectivity index is 1.76. The Labute approximate surface area is 241 Å². The molecule has 0 saturated heterocycles. The number of rotatable bonds is 14. The average Bonchev–Trinajstić information content (AvgIpc) is 3.29. The van der Waals surface area contributed by atoms with Crippen molar-refractivity contribution in [2.45, 2.75) is 38.8 Å². The van der Waals surface area contributed by atoms with Crippen molar-refractivity contribution >= 4 is 36.9 Å². The highest BCUT2D eigenvalue weighted by atomic mass is 35.5. The van der Waals surface area contributed by atoms with Crippen LogP contribution in [0.25, 0.3) is 11.1 Å². The number of phosphoric ester groups is 1. The van der Waals surface area contributed by atoms with E-state index in [0.29, 0.717) is 16.3 Å². The molecule has 3 N–H and O–H groups in total. The SMILES string of the molecule is CCOP(=O)(O)O[C@H](CNC(C)(C)Cc1ccc(Cl)s1)COc1cc(-c2ccc(OC(=O)O)cc2)ccc1C#N. The van der Waals surface area contributed by atoms with Crippen molar-refractivity contribution in [3.05, 3.63) is 69.4 Å². The van der Waals surface area contributed by atoms with Crippen molar-refractivity contribution in [1.29, 1.82) is 5.26 Å². The molecule has 0 fully saturated rings. The van der Waals surface area contributed by atoms with Crippen LogP contribution in [0.5, 0.6) is 11.5 Å². The van der Waals surface area contributed by atoms with Gasteiger partial charge in [-0.05, 0) is 74.7 Å². The van der Waals surface area contributed by atoms with Crippen molar-refractivity contribution in [1.82, 2.24) is 5.32 Å². The van der Waals surface area contributed by atoms with Gasteiger partial charge >= 0.3 is 14.0 Å². The van der Waals surface area contributed by atoms with Gasteiger partial charge in [-0.15, -0.1) is 11.3 Å². The Morgan fingerprint density at radius 2 is 1.88 bits per heavy atom. The highest BCUT2D eigenvalue weighted by molar-refractivity contribution is 7.47. The first kappa shape index (κ1) is 31.6. The van der Waals surface area contributed by atoms with E-state index in [1.807, 2.05) is 26.0 Å². The molecule has 0 saturated carbocycles. The summed E-state index contributed by atoms with van der Waals surface area (Å²) in [5, 5.41) is 21.7. The largest absolute Gasteiger partial charge is 0.511 e. The van der Waals surface area contributed by atoms with Crippen LogP contribution in [0.3, 0.4) is 0 Å². The number of carbonyl (C=O) groups is 1. The summed E-state index contributed by atoms with van der Waals surface area (Å²) >= 11 is 7.54. The van der Waals surface area contributed by atoms with E-state index in [2.05, 4.69) is 16.1 Å². The molecule has 1 heterocycles. The van der Waals surface area contributed by atoms with Crippen LogP contribution < -0.4 is 14.8 Å². The molecule has 40 heavy (non-hydrogen) atoms. The summed E-state index contributed by atoms with van der Waals surface area (Å²) in [6, 6.07) is 17.2. The summed E-state index contributed by atoms with van der Waals surface area (Å²) in [4.78, 5) is 22.0. The van der Waals surface area contributed by atoms with Crippen molar-refractivity contribution < 1.29 is 37.9 Å². The Kier molecular flexibility index (Phi) is 11.1. The lowest BCUT2D eigenvalue weighted by atomic mass is 9.99. The smallest absolute Gasteiger partial charge is 0.489 e. The molecular weight excluding hydrogens is 579 g/mol. The maximum Gasteiger partial charge on any atom is 0.511 e. The summed E-state index contributed by atoms with van der Waals surface area (Å²) < 4.78 is 34.0. The van der Waals surface area contributed by atoms with Gasteiger partial charge in [0.25, 0.3) is 0 Å². The molecule has 3 rings (SSSR count). The predicted octanol–water partition coefficient (Wildman–Crippen LogP) is 6.51. The van der Waals surface area contributed by atoms with Crippen molar-refractivity contribution in [3.63, 3.8) is 0 Å². The second-order valence-electron chi connectivity index (χ2n) is 9.29. The van der Waals surface area contributed by atoms with Crippen LogP contribution >= 0.6 is 30.8 Å². The van der Waals surface area contributed by atoms with Gasteiger partial charge < -0.3 is 24.8 Å². The number of halogens is 1. The number of hydrogen-bond acceptors (Lipinski definition) is 9. The topological polar surface area (TPSA) is 147 Å². The minimum absolute atomic E-state index is 0.0175. The van der Waals surface area contributed by atoms with Gasteiger partial charge in [0.15, 0.2) is 0 Å². The van der Waals surface area contributed by atoms with Crippen LogP contribution in [0.1, 0.15) is 31.2 Å². The lowest BCUT2D eigenvalue weighted by molar-refractivity contribution is 0.0693. The van der Waals surface area contributed by atoms with Crippen LogP contribution in [0, 0.1) is 11.3 Å². The standard InChI is InChI=1S/C27H30ClN2O8PS/c1-4-36-39(33,34)38-22(16-30-27(2,3)14-23-11-12-25(28)40-23)17-35-24-13-19(5-6-20(24)15-29)18-7-9-21(10-8-18)37-26(31)32/h5-13,22,30H,4,14,16-17H2,1-3H3,(H,31,32)(H,33,34)/t22-/m1/s1. The summed E-state index contributed by atoms with van der Waals surface area (Å²) in [5.74, 6) is 0.415. The second-order valence-corrected chi connectivity index (χ2v) is 12.5. The number of nitrogens with zero attached hydrogens (tertiary/aromatic N) is 1. The second kappa shape index (κ2) is 14.1. The van der Waals surface area contributed by atoms with Gasteiger partial charge in [0, 0.05) is 17.0 Å². The highest BCUT2D eigenvalue weighted by Gasteiger charge is 2.29. The molecule has 3 aromatic rings. The monoisotopic (exact) mass is 608 g/mol. The van der Waals surface area contributed by atoms with Gasteiger partial charge in [-0.2, -0.15) is 5.26 Å². The van der Waals surface area contributed by atoms with Crippen molar-refractivity contribution in [3.8, 4) is 28.7 Å². The zero-order valence-corrected chi connectivity index (χ0v) is 24.6. The zero-order chi connectivity index (χ0) is 29.3. The molecule has 0 radical (unpaired) electrons. The molecule has 0 spiro atoms. The third-order valence-electron chi connectivity index (χ3n) is 5.55. The number of phosphoric acid groups is 1. The van der Waals surface area contributed by atoms with E-state index in [1.165, 1.54) is 23.5 Å². The fourth-order valence-corrected chi connectivity index (χ4v) is 5.97. The number of ether oxygens (including phenoxy) is 2. The first-order valence-electron chi connectivity index (χ1n) is 12.2. The molecule has 0 bridgehead atoms. The van der Waals surface area contributed by atoms with E-state index in [9.17, 15) is 19.5 Å². The van der Waals surface area contributed by atoms with E-state index in [-0.39, 0.29) is 36.8 Å². The van der Waals surface area contributed by atoms with Gasteiger partial charge in [-0.25, -0.2) is 9.36 Å². The number of hydrogen-bond donors (Lipinski definition) is 3. The number of carboxylic acid groups (broad SMARTS) is 1. The van der Waals surface area contributed by atoms with Crippen LogP contribution in [-0.4, -0.2) is 47.6 Å². The molecular formula is C27H30ClN2O8PS. The number of benzene rings is 2. The Morgan fingerprint density at radius 1 is 1.18 bits per heavy atom. The molecule has 0 aliphatic heterocycles. The molecule has 0 aliphatic carbocycles. The molecule has 1 aromatic heterocycles. The van der Waals surface area contributed by atoms with Crippen molar-refractivity contribution in [2.75, 3.05) is 19.8 Å². The highest BCUT2D eigenvalue weighted by Crippen LogP contribution is 2.44. The van der Waals surface area contributed by atoms with Crippen molar-refractivity contribution in [2.24, 2.45) is 0 Å². The maximum absolute atomic E-state index is 12.4. The van der Waals surface area contributed by atoms with Crippen LogP contribution in [0.2, 0.25) is 4.34 Å². The Bertz CT molecular complexity index is 1390. The fourth-order valence-electron chi connectivity index (χ4n) is 3.76. The first-order chi connectivity index (χ1) is 18.9. The van der Waals surface area contributed by atoms with Crippen LogP contribution in [0.4, 0.5) is 4.79 Å². The lowest BCUT2D eigenvalue weighted by Crippen LogP contribution is -2.46. The average molecular weight is 609 g/mol. The third-order valence-corrected chi connectivity index (χ3v) is 7.93. The van der Waals surface area contributed by atoms with E-state index in [1.54, 1.807) is 37.3 Å². The maximum atomic E-state index is 12.4. The molecule has 0 aliphatic rings. The minimum atomic E-state index is -4.36. The summed E-state index contributed by atoms with van der Waals surface area (Å²) in [5.41, 5.74) is 1.28. The van der Waals surface area contributed by atoms with Gasteiger partial charge in [0.2, 0.25) is 0 Å². The summed E-state index contributed by atoms with van der Waals surface area (Å²) in [6.07, 6.45) is -1.66. The predicted molar refractivity (Wildman–Crippen MR) is 152 cm³/mol. The summed E-state index contributed by atoms with van der Waals surface area (Å²) in [6.45, 7) is 5.53. The molecule has 2 atom stereocenters. The van der Waals surface area contributed by atoms with Gasteiger partial charge in [0.05, 0.1) is 16.5 Å². The molecule has 10 nitrogen and oxygen atoms in total. The first-order valence-corrected chi connectivity index (χ1v) is 14.9. The quantitative estimate of drug-likeness (QED) is 0.105. The van der Waals surface area contributed by atoms with Crippen LogP contribution in [0.15, 0.2) is 54.6 Å². The fraction of sp³-hybridized carbons (Fsp3) is 0.333.